The number of amides is 2. The van der Waals surface area contributed by atoms with Crippen LogP contribution in [0.15, 0.2) is 48.7 Å². The number of nitrogens with zero attached hydrogens (tertiary/aromatic N) is 1. The topological polar surface area (TPSA) is 97.4 Å². The van der Waals surface area contributed by atoms with Gasteiger partial charge in [0.05, 0.1) is 5.56 Å². The summed E-state index contributed by atoms with van der Waals surface area (Å²) in [5.41, 5.74) is 8.42. The predicted molar refractivity (Wildman–Crippen MR) is 100 cm³/mol. The van der Waals surface area contributed by atoms with Gasteiger partial charge in [0.25, 0.3) is 5.91 Å². The van der Waals surface area contributed by atoms with Crippen molar-refractivity contribution in [1.29, 1.82) is 0 Å². The van der Waals surface area contributed by atoms with E-state index in [-0.39, 0.29) is 17.2 Å². The minimum Gasteiger partial charge on any atom is -0.507 e. The van der Waals surface area contributed by atoms with E-state index in [2.05, 4.69) is 22.1 Å². The lowest BCUT2D eigenvalue weighted by Crippen LogP contribution is -2.22. The second-order valence-electron chi connectivity index (χ2n) is 6.25. The van der Waals surface area contributed by atoms with Gasteiger partial charge in [-0.3, -0.25) is 9.59 Å². The van der Waals surface area contributed by atoms with Crippen molar-refractivity contribution in [1.82, 2.24) is 9.88 Å². The van der Waals surface area contributed by atoms with Gasteiger partial charge in [-0.15, -0.1) is 0 Å². The number of para-hydroxylation sites is 1. The van der Waals surface area contributed by atoms with Crippen molar-refractivity contribution in [2.45, 2.75) is 19.9 Å². The zero-order valence-electron chi connectivity index (χ0n) is 14.5. The monoisotopic (exact) mass is 351 g/mol. The van der Waals surface area contributed by atoms with Crippen LogP contribution in [-0.2, 0) is 17.8 Å². The van der Waals surface area contributed by atoms with Gasteiger partial charge in [-0.2, -0.15) is 0 Å². The number of benzene rings is 2. The quantitative estimate of drug-likeness (QED) is 0.635. The summed E-state index contributed by atoms with van der Waals surface area (Å²) < 4.78 is 2.09. The second kappa shape index (κ2) is 7.31. The van der Waals surface area contributed by atoms with Crippen molar-refractivity contribution in [2.24, 2.45) is 5.73 Å². The standard InChI is InChI=1S/C20H21N3O3/c1-13(24)22-9-8-15-12-23(18-5-3-2-4-16(15)18)11-14-6-7-17(20(21)26)19(25)10-14/h2-7,10,12,25H,8-9,11H2,1H3,(H2,21,26)(H,22,24). The van der Waals surface area contributed by atoms with Crippen LogP contribution in [0, 0.1) is 0 Å². The van der Waals surface area contributed by atoms with Crippen LogP contribution in [0.4, 0.5) is 0 Å². The molecule has 0 saturated carbocycles. The SMILES string of the molecule is CC(=O)NCCc1cn(Cc2ccc(C(N)=O)c(O)c2)c2ccccc12. The molecule has 2 aromatic carbocycles. The summed E-state index contributed by atoms with van der Waals surface area (Å²) in [4.78, 5) is 22.3. The number of carbonyl (C=O) groups is 2. The van der Waals surface area contributed by atoms with Gasteiger partial charge < -0.3 is 20.7 Å². The Hall–Kier alpha value is -3.28. The number of aromatic hydroxyl groups is 1. The Balaban J connectivity index is 1.89. The molecule has 1 aromatic heterocycles. The molecule has 3 rings (SSSR count). The van der Waals surface area contributed by atoms with E-state index in [9.17, 15) is 14.7 Å². The minimum absolute atomic E-state index is 0.0428. The molecule has 134 valence electrons. The summed E-state index contributed by atoms with van der Waals surface area (Å²) >= 11 is 0. The lowest BCUT2D eigenvalue weighted by Gasteiger charge is -2.08. The highest BCUT2D eigenvalue weighted by atomic mass is 16.3. The number of aromatic nitrogens is 1. The second-order valence-corrected chi connectivity index (χ2v) is 6.25. The maximum absolute atomic E-state index is 11.2. The zero-order valence-corrected chi connectivity index (χ0v) is 14.5. The third kappa shape index (κ3) is 3.69. The van der Waals surface area contributed by atoms with E-state index in [0.717, 1.165) is 28.5 Å². The highest BCUT2D eigenvalue weighted by Gasteiger charge is 2.11. The molecule has 6 heteroatoms. The van der Waals surface area contributed by atoms with Gasteiger partial charge in [0, 0.05) is 37.1 Å². The molecule has 0 radical (unpaired) electrons. The highest BCUT2D eigenvalue weighted by Crippen LogP contribution is 2.24. The third-order valence-corrected chi connectivity index (χ3v) is 4.32. The van der Waals surface area contributed by atoms with E-state index in [1.165, 1.54) is 13.0 Å². The molecule has 4 N–H and O–H groups in total. The molecule has 1 heterocycles. The first-order valence-electron chi connectivity index (χ1n) is 8.38. The molecule has 0 saturated heterocycles. The van der Waals surface area contributed by atoms with Crippen molar-refractivity contribution in [3.05, 3.63) is 65.4 Å². The average molecular weight is 351 g/mol. The average Bonchev–Trinajstić information content (AvgIpc) is 2.92. The number of primary amides is 1. The van der Waals surface area contributed by atoms with Gasteiger partial charge in [0.1, 0.15) is 5.75 Å². The molecule has 0 aliphatic rings. The Bertz CT molecular complexity index is 976. The Morgan fingerprint density at radius 3 is 2.65 bits per heavy atom. The first-order valence-corrected chi connectivity index (χ1v) is 8.38. The molecular weight excluding hydrogens is 330 g/mol. The highest BCUT2D eigenvalue weighted by molar-refractivity contribution is 5.95. The summed E-state index contributed by atoms with van der Waals surface area (Å²) in [6, 6.07) is 12.9. The third-order valence-electron chi connectivity index (χ3n) is 4.32. The van der Waals surface area contributed by atoms with Crippen LogP contribution < -0.4 is 11.1 Å². The Morgan fingerprint density at radius 1 is 1.19 bits per heavy atom. The van der Waals surface area contributed by atoms with E-state index in [0.29, 0.717) is 13.1 Å². The summed E-state index contributed by atoms with van der Waals surface area (Å²) in [6.07, 6.45) is 2.80. The number of fused-ring (bicyclic) bond motifs is 1. The van der Waals surface area contributed by atoms with E-state index in [1.54, 1.807) is 12.1 Å². The summed E-state index contributed by atoms with van der Waals surface area (Å²) in [7, 11) is 0. The van der Waals surface area contributed by atoms with Gasteiger partial charge in [0.2, 0.25) is 5.91 Å². The van der Waals surface area contributed by atoms with E-state index < -0.39 is 5.91 Å². The molecule has 0 bridgehead atoms. The molecule has 0 unspecified atom stereocenters. The lowest BCUT2D eigenvalue weighted by molar-refractivity contribution is -0.118. The molecule has 3 aromatic rings. The summed E-state index contributed by atoms with van der Waals surface area (Å²) in [6.45, 7) is 2.64. The fraction of sp³-hybridized carbons (Fsp3) is 0.200. The van der Waals surface area contributed by atoms with E-state index in [4.69, 9.17) is 5.73 Å². The van der Waals surface area contributed by atoms with Crippen LogP contribution in [0.25, 0.3) is 10.9 Å². The number of nitrogens with two attached hydrogens (primary N) is 1. The van der Waals surface area contributed by atoms with Crippen LogP contribution in [0.3, 0.4) is 0 Å². The molecule has 0 aliphatic carbocycles. The van der Waals surface area contributed by atoms with Crippen molar-refractivity contribution >= 4 is 22.7 Å². The van der Waals surface area contributed by atoms with Crippen molar-refractivity contribution in [2.75, 3.05) is 6.54 Å². The van der Waals surface area contributed by atoms with E-state index >= 15 is 0 Å². The number of rotatable bonds is 6. The van der Waals surface area contributed by atoms with Gasteiger partial charge in [-0.05, 0) is 35.7 Å². The summed E-state index contributed by atoms with van der Waals surface area (Å²) in [5, 5.41) is 13.9. The fourth-order valence-corrected chi connectivity index (χ4v) is 3.11. The van der Waals surface area contributed by atoms with Gasteiger partial charge in [-0.1, -0.05) is 24.3 Å². The van der Waals surface area contributed by atoms with Crippen LogP contribution >= 0.6 is 0 Å². The summed E-state index contributed by atoms with van der Waals surface area (Å²) in [5.74, 6) is -0.809. The predicted octanol–water partition coefficient (Wildman–Crippen LogP) is 2.17. The number of hydrogen-bond acceptors (Lipinski definition) is 3. The molecule has 0 atom stereocenters. The van der Waals surface area contributed by atoms with Crippen molar-refractivity contribution < 1.29 is 14.7 Å². The Morgan fingerprint density at radius 2 is 1.96 bits per heavy atom. The maximum atomic E-state index is 11.2. The van der Waals surface area contributed by atoms with E-state index in [1.807, 2.05) is 18.2 Å². The molecule has 2 amide bonds. The smallest absolute Gasteiger partial charge is 0.252 e. The van der Waals surface area contributed by atoms with Crippen molar-refractivity contribution in [3.63, 3.8) is 0 Å². The van der Waals surface area contributed by atoms with Gasteiger partial charge in [0.15, 0.2) is 0 Å². The number of nitrogens with one attached hydrogen (secondary N) is 1. The Kier molecular flexibility index (Phi) is 4.93. The van der Waals surface area contributed by atoms with Crippen molar-refractivity contribution in [3.8, 4) is 5.75 Å². The van der Waals surface area contributed by atoms with Crippen LogP contribution in [0.1, 0.15) is 28.4 Å². The lowest BCUT2D eigenvalue weighted by atomic mass is 10.1. The normalized spacial score (nSPS) is 10.8. The molecule has 0 spiro atoms. The van der Waals surface area contributed by atoms with Crippen LogP contribution in [-0.4, -0.2) is 28.0 Å². The number of hydrogen-bond donors (Lipinski definition) is 3. The minimum atomic E-state index is -0.652. The number of phenols is 1. The molecule has 0 aliphatic heterocycles. The van der Waals surface area contributed by atoms with Gasteiger partial charge in [-0.25, -0.2) is 0 Å². The molecular formula is C20H21N3O3. The van der Waals surface area contributed by atoms with Crippen LogP contribution in [0.2, 0.25) is 0 Å². The Labute approximate surface area is 151 Å². The fourth-order valence-electron chi connectivity index (χ4n) is 3.11. The molecule has 6 nitrogen and oxygen atoms in total. The van der Waals surface area contributed by atoms with Crippen LogP contribution in [0.5, 0.6) is 5.75 Å². The molecule has 26 heavy (non-hydrogen) atoms. The molecule has 0 fully saturated rings. The van der Waals surface area contributed by atoms with Gasteiger partial charge >= 0.3 is 0 Å². The number of carbonyl (C=O) groups excluding carboxylic acids is 2. The first kappa shape index (κ1) is 17.5. The maximum Gasteiger partial charge on any atom is 0.252 e. The first-order chi connectivity index (χ1) is 12.5. The largest absolute Gasteiger partial charge is 0.507 e. The zero-order chi connectivity index (χ0) is 18.7.